The Bertz CT molecular complexity index is 406. The summed E-state index contributed by atoms with van der Waals surface area (Å²) in [5.41, 5.74) is 4.62. The molecule has 0 saturated heterocycles. The monoisotopic (exact) mass is 273 g/mol. The molecule has 1 unspecified atom stereocenters. The van der Waals surface area contributed by atoms with Crippen molar-refractivity contribution in [2.45, 2.75) is 71.8 Å². The standard InChI is InChI=1S/C19H31N/c1-4-16-7-9-17(5-2)18(14-16)8-6-15(3)12-13-20-19-10-11-19/h7,9,14-15,19-20H,4-6,8,10-13H2,1-3H3. The maximum absolute atomic E-state index is 3.63. The first-order chi connectivity index (χ1) is 9.72. The highest BCUT2D eigenvalue weighted by atomic mass is 14.9. The van der Waals surface area contributed by atoms with Crippen LogP contribution in [0.2, 0.25) is 0 Å². The maximum atomic E-state index is 3.63. The van der Waals surface area contributed by atoms with E-state index in [1.807, 2.05) is 0 Å². The van der Waals surface area contributed by atoms with E-state index in [4.69, 9.17) is 0 Å². The molecule has 1 aliphatic carbocycles. The topological polar surface area (TPSA) is 12.0 Å². The van der Waals surface area contributed by atoms with Crippen LogP contribution in [0.15, 0.2) is 18.2 Å². The second-order valence-electron chi connectivity index (χ2n) is 6.47. The Labute approximate surface area is 125 Å². The van der Waals surface area contributed by atoms with E-state index in [0.717, 1.165) is 24.8 Å². The maximum Gasteiger partial charge on any atom is 0.00682 e. The molecule has 20 heavy (non-hydrogen) atoms. The van der Waals surface area contributed by atoms with Gasteiger partial charge < -0.3 is 5.32 Å². The lowest BCUT2D eigenvalue weighted by Crippen LogP contribution is -2.19. The van der Waals surface area contributed by atoms with Crippen molar-refractivity contribution in [2.24, 2.45) is 5.92 Å². The number of hydrogen-bond donors (Lipinski definition) is 1. The fraction of sp³-hybridized carbons (Fsp3) is 0.684. The molecule has 1 heteroatoms. The van der Waals surface area contributed by atoms with Crippen molar-refractivity contribution in [2.75, 3.05) is 6.54 Å². The van der Waals surface area contributed by atoms with Crippen LogP contribution in [-0.2, 0) is 19.3 Å². The van der Waals surface area contributed by atoms with Gasteiger partial charge in [-0.25, -0.2) is 0 Å². The molecule has 1 fully saturated rings. The minimum absolute atomic E-state index is 0.830. The summed E-state index contributed by atoms with van der Waals surface area (Å²) in [6.07, 6.45) is 9.02. The van der Waals surface area contributed by atoms with Crippen LogP contribution >= 0.6 is 0 Å². The summed E-state index contributed by atoms with van der Waals surface area (Å²) >= 11 is 0. The van der Waals surface area contributed by atoms with Crippen LogP contribution in [0.3, 0.4) is 0 Å². The lowest BCUT2D eigenvalue weighted by Gasteiger charge is -2.14. The van der Waals surface area contributed by atoms with Crippen LogP contribution < -0.4 is 5.32 Å². The van der Waals surface area contributed by atoms with E-state index in [-0.39, 0.29) is 0 Å². The fourth-order valence-corrected chi connectivity index (χ4v) is 2.84. The van der Waals surface area contributed by atoms with Crippen molar-refractivity contribution in [1.29, 1.82) is 0 Å². The number of aryl methyl sites for hydroxylation is 3. The number of nitrogens with one attached hydrogen (secondary N) is 1. The average molecular weight is 273 g/mol. The van der Waals surface area contributed by atoms with Gasteiger partial charge >= 0.3 is 0 Å². The molecule has 1 aliphatic rings. The molecule has 0 amide bonds. The highest BCUT2D eigenvalue weighted by Gasteiger charge is 2.19. The van der Waals surface area contributed by atoms with Gasteiger partial charge in [0.15, 0.2) is 0 Å². The lowest BCUT2D eigenvalue weighted by molar-refractivity contribution is 0.468. The highest BCUT2D eigenvalue weighted by Crippen LogP contribution is 2.21. The van der Waals surface area contributed by atoms with Gasteiger partial charge in [0.1, 0.15) is 0 Å². The van der Waals surface area contributed by atoms with E-state index in [0.29, 0.717) is 0 Å². The van der Waals surface area contributed by atoms with E-state index >= 15 is 0 Å². The van der Waals surface area contributed by atoms with Gasteiger partial charge in [0.05, 0.1) is 0 Å². The lowest BCUT2D eigenvalue weighted by atomic mass is 9.93. The Morgan fingerprint density at radius 3 is 2.55 bits per heavy atom. The van der Waals surface area contributed by atoms with E-state index in [9.17, 15) is 0 Å². The molecule has 0 aliphatic heterocycles. The molecule has 1 aromatic carbocycles. The Hall–Kier alpha value is -0.820. The summed E-state index contributed by atoms with van der Waals surface area (Å²) in [6.45, 7) is 8.13. The molecule has 1 aromatic rings. The molecule has 0 bridgehead atoms. The molecule has 2 rings (SSSR count). The Kier molecular flexibility index (Phi) is 6.09. The third-order valence-corrected chi connectivity index (χ3v) is 4.61. The number of rotatable bonds is 9. The van der Waals surface area contributed by atoms with E-state index in [1.165, 1.54) is 44.2 Å². The predicted molar refractivity (Wildman–Crippen MR) is 88.3 cm³/mol. The van der Waals surface area contributed by atoms with Crippen molar-refractivity contribution in [3.05, 3.63) is 34.9 Å². The van der Waals surface area contributed by atoms with Crippen LogP contribution in [0.4, 0.5) is 0 Å². The van der Waals surface area contributed by atoms with E-state index in [1.54, 1.807) is 11.1 Å². The van der Waals surface area contributed by atoms with Gasteiger partial charge in [-0.1, -0.05) is 39.0 Å². The molecule has 1 N–H and O–H groups in total. The molecule has 0 heterocycles. The van der Waals surface area contributed by atoms with Gasteiger partial charge in [0.2, 0.25) is 0 Å². The van der Waals surface area contributed by atoms with Gasteiger partial charge in [-0.2, -0.15) is 0 Å². The van der Waals surface area contributed by atoms with Crippen LogP contribution in [0.1, 0.15) is 63.1 Å². The van der Waals surface area contributed by atoms with Gasteiger partial charge in [-0.15, -0.1) is 0 Å². The molecule has 0 spiro atoms. The number of benzene rings is 1. The molecular formula is C19H31N. The SMILES string of the molecule is CCc1ccc(CC)c(CCC(C)CCNC2CC2)c1. The van der Waals surface area contributed by atoms with Gasteiger partial charge in [-0.05, 0) is 74.1 Å². The van der Waals surface area contributed by atoms with Gasteiger partial charge in [0.25, 0.3) is 0 Å². The zero-order valence-electron chi connectivity index (χ0n) is 13.5. The van der Waals surface area contributed by atoms with Crippen molar-refractivity contribution in [3.63, 3.8) is 0 Å². The highest BCUT2D eigenvalue weighted by molar-refractivity contribution is 5.32. The first kappa shape index (κ1) is 15.6. The van der Waals surface area contributed by atoms with Crippen LogP contribution in [0.25, 0.3) is 0 Å². The Morgan fingerprint density at radius 1 is 1.10 bits per heavy atom. The third-order valence-electron chi connectivity index (χ3n) is 4.61. The molecular weight excluding hydrogens is 242 g/mol. The second kappa shape index (κ2) is 7.83. The van der Waals surface area contributed by atoms with Crippen LogP contribution in [-0.4, -0.2) is 12.6 Å². The third kappa shape index (κ3) is 4.94. The zero-order chi connectivity index (χ0) is 14.4. The van der Waals surface area contributed by atoms with Gasteiger partial charge in [0, 0.05) is 6.04 Å². The molecule has 1 saturated carbocycles. The predicted octanol–water partition coefficient (Wildman–Crippen LogP) is 4.52. The van der Waals surface area contributed by atoms with Gasteiger partial charge in [-0.3, -0.25) is 0 Å². The summed E-state index contributed by atoms with van der Waals surface area (Å²) in [4.78, 5) is 0. The summed E-state index contributed by atoms with van der Waals surface area (Å²) in [5, 5.41) is 3.63. The average Bonchev–Trinajstić information content (AvgIpc) is 3.29. The minimum atomic E-state index is 0.830. The van der Waals surface area contributed by atoms with Crippen LogP contribution in [0, 0.1) is 5.92 Å². The van der Waals surface area contributed by atoms with Crippen molar-refractivity contribution in [1.82, 2.24) is 5.32 Å². The Morgan fingerprint density at radius 2 is 1.90 bits per heavy atom. The molecule has 112 valence electrons. The summed E-state index contributed by atoms with van der Waals surface area (Å²) < 4.78 is 0. The second-order valence-corrected chi connectivity index (χ2v) is 6.47. The summed E-state index contributed by atoms with van der Waals surface area (Å²) in [6, 6.07) is 7.93. The first-order valence-electron chi connectivity index (χ1n) is 8.57. The summed E-state index contributed by atoms with van der Waals surface area (Å²) in [7, 11) is 0. The minimum Gasteiger partial charge on any atom is -0.314 e. The molecule has 0 radical (unpaired) electrons. The zero-order valence-corrected chi connectivity index (χ0v) is 13.5. The van der Waals surface area contributed by atoms with E-state index in [2.05, 4.69) is 44.3 Å². The van der Waals surface area contributed by atoms with E-state index < -0.39 is 0 Å². The summed E-state index contributed by atoms with van der Waals surface area (Å²) in [5.74, 6) is 0.830. The normalized spacial score (nSPS) is 16.4. The largest absolute Gasteiger partial charge is 0.314 e. The Balaban J connectivity index is 1.78. The fourth-order valence-electron chi connectivity index (χ4n) is 2.84. The van der Waals surface area contributed by atoms with Crippen molar-refractivity contribution >= 4 is 0 Å². The van der Waals surface area contributed by atoms with Crippen molar-refractivity contribution < 1.29 is 0 Å². The smallest absolute Gasteiger partial charge is 0.00682 e. The number of hydrogen-bond acceptors (Lipinski definition) is 1. The first-order valence-corrected chi connectivity index (χ1v) is 8.57. The molecule has 1 atom stereocenters. The molecule has 0 aromatic heterocycles. The molecule has 1 nitrogen and oxygen atoms in total. The van der Waals surface area contributed by atoms with Crippen LogP contribution in [0.5, 0.6) is 0 Å². The van der Waals surface area contributed by atoms with Crippen molar-refractivity contribution in [3.8, 4) is 0 Å². The quantitative estimate of drug-likeness (QED) is 0.697.